The van der Waals surface area contributed by atoms with Crippen molar-refractivity contribution in [2.24, 2.45) is 0 Å². The maximum Gasteiger partial charge on any atom is 0.258 e. The van der Waals surface area contributed by atoms with Crippen LogP contribution in [0.4, 0.5) is 5.69 Å². The van der Waals surface area contributed by atoms with E-state index in [0.29, 0.717) is 5.56 Å². The first-order chi connectivity index (χ1) is 15.2. The van der Waals surface area contributed by atoms with Crippen molar-refractivity contribution >= 4 is 22.9 Å². The summed E-state index contributed by atoms with van der Waals surface area (Å²) in [7, 11) is 3.28. The standard InChI is InChI=1S/C25H28N2O3S/c1-29-22-9-5-19(6-10-22)25(28)27(20-7-11-23(30-2)12-8-20)21-13-15-26(16-14-21)18-24-4-3-17-31-24/h3-12,17,21H,13-16,18H2,1-2H3. The van der Waals surface area contributed by atoms with Gasteiger partial charge in [-0.1, -0.05) is 6.07 Å². The molecule has 31 heavy (non-hydrogen) atoms. The van der Waals surface area contributed by atoms with Crippen molar-refractivity contribution in [1.29, 1.82) is 0 Å². The zero-order valence-electron chi connectivity index (χ0n) is 18.0. The SMILES string of the molecule is COc1ccc(C(=O)N(c2ccc(OC)cc2)C2CCN(Cc3cccs3)CC2)cc1. The van der Waals surface area contributed by atoms with E-state index in [-0.39, 0.29) is 11.9 Å². The fourth-order valence-corrected chi connectivity index (χ4v) is 4.81. The Morgan fingerprint density at radius 3 is 2.13 bits per heavy atom. The van der Waals surface area contributed by atoms with Gasteiger partial charge >= 0.3 is 0 Å². The first-order valence-electron chi connectivity index (χ1n) is 10.5. The lowest BCUT2D eigenvalue weighted by molar-refractivity contribution is 0.0958. The van der Waals surface area contributed by atoms with Gasteiger partial charge in [-0.25, -0.2) is 0 Å². The van der Waals surface area contributed by atoms with Gasteiger partial charge in [0.15, 0.2) is 0 Å². The maximum atomic E-state index is 13.6. The third-order valence-electron chi connectivity index (χ3n) is 5.79. The third-order valence-corrected chi connectivity index (χ3v) is 6.65. The Morgan fingerprint density at radius 1 is 0.968 bits per heavy atom. The molecule has 1 aliphatic heterocycles. The highest BCUT2D eigenvalue weighted by Crippen LogP contribution is 2.29. The number of hydrogen-bond donors (Lipinski definition) is 0. The van der Waals surface area contributed by atoms with Crippen LogP contribution in [0.3, 0.4) is 0 Å². The molecule has 0 aliphatic carbocycles. The Labute approximate surface area is 187 Å². The number of anilines is 1. The minimum Gasteiger partial charge on any atom is -0.497 e. The Balaban J connectivity index is 1.54. The van der Waals surface area contributed by atoms with Gasteiger partial charge < -0.3 is 14.4 Å². The average molecular weight is 437 g/mol. The number of thiophene rings is 1. The van der Waals surface area contributed by atoms with E-state index in [1.54, 1.807) is 25.6 Å². The topological polar surface area (TPSA) is 42.0 Å². The summed E-state index contributed by atoms with van der Waals surface area (Å²) in [6.07, 6.45) is 1.89. The van der Waals surface area contributed by atoms with E-state index in [1.807, 2.05) is 53.4 Å². The molecule has 0 spiro atoms. The first kappa shape index (κ1) is 21.4. The van der Waals surface area contributed by atoms with Crippen LogP contribution in [0.15, 0.2) is 66.0 Å². The second-order valence-corrected chi connectivity index (χ2v) is 8.72. The summed E-state index contributed by atoms with van der Waals surface area (Å²) in [6, 6.07) is 19.6. The molecule has 1 saturated heterocycles. The number of rotatable bonds is 7. The monoisotopic (exact) mass is 436 g/mol. The molecule has 2 heterocycles. The van der Waals surface area contributed by atoms with Crippen LogP contribution in [-0.4, -0.2) is 44.2 Å². The zero-order chi connectivity index (χ0) is 21.6. The molecule has 6 heteroatoms. The lowest BCUT2D eigenvalue weighted by Gasteiger charge is -2.38. The number of hydrogen-bond acceptors (Lipinski definition) is 5. The molecule has 0 saturated carbocycles. The van der Waals surface area contributed by atoms with Crippen molar-refractivity contribution in [1.82, 2.24) is 4.90 Å². The van der Waals surface area contributed by atoms with Crippen LogP contribution in [0.2, 0.25) is 0 Å². The molecule has 1 fully saturated rings. The van der Waals surface area contributed by atoms with Gasteiger partial charge in [-0.3, -0.25) is 9.69 Å². The summed E-state index contributed by atoms with van der Waals surface area (Å²) >= 11 is 1.80. The minimum atomic E-state index is 0.0181. The number of likely N-dealkylation sites (tertiary alicyclic amines) is 1. The molecule has 0 bridgehead atoms. The molecular weight excluding hydrogens is 408 g/mol. The van der Waals surface area contributed by atoms with Gasteiger partial charge in [-0.05, 0) is 72.8 Å². The molecule has 1 aromatic heterocycles. The van der Waals surface area contributed by atoms with Crippen molar-refractivity contribution in [2.45, 2.75) is 25.4 Å². The number of methoxy groups -OCH3 is 2. The van der Waals surface area contributed by atoms with Crippen LogP contribution in [0, 0.1) is 0 Å². The molecule has 0 unspecified atom stereocenters. The van der Waals surface area contributed by atoms with Gasteiger partial charge in [0.25, 0.3) is 5.91 Å². The van der Waals surface area contributed by atoms with Crippen LogP contribution in [0.5, 0.6) is 11.5 Å². The fourth-order valence-electron chi connectivity index (χ4n) is 4.07. The van der Waals surface area contributed by atoms with Crippen molar-refractivity contribution in [3.8, 4) is 11.5 Å². The summed E-state index contributed by atoms with van der Waals surface area (Å²) in [6.45, 7) is 2.94. The Kier molecular flexibility index (Phi) is 6.89. The second kappa shape index (κ2) is 9.98. The maximum absolute atomic E-state index is 13.6. The highest BCUT2D eigenvalue weighted by Gasteiger charge is 2.30. The van der Waals surface area contributed by atoms with Crippen LogP contribution in [0.1, 0.15) is 28.1 Å². The number of carbonyl (C=O) groups excluding carboxylic acids is 1. The molecule has 0 N–H and O–H groups in total. The van der Waals surface area contributed by atoms with Gasteiger partial charge in [0.2, 0.25) is 0 Å². The highest BCUT2D eigenvalue weighted by atomic mass is 32.1. The number of ether oxygens (including phenoxy) is 2. The summed E-state index contributed by atoms with van der Waals surface area (Å²) in [5, 5.41) is 2.13. The van der Waals surface area contributed by atoms with Gasteiger partial charge in [0, 0.05) is 41.8 Å². The van der Waals surface area contributed by atoms with E-state index < -0.39 is 0 Å². The van der Waals surface area contributed by atoms with Gasteiger partial charge in [-0.15, -0.1) is 11.3 Å². The highest BCUT2D eigenvalue weighted by molar-refractivity contribution is 7.09. The molecule has 0 radical (unpaired) electrons. The van der Waals surface area contributed by atoms with E-state index >= 15 is 0 Å². The fraction of sp³-hybridized carbons (Fsp3) is 0.320. The molecule has 1 amide bonds. The van der Waals surface area contributed by atoms with Crippen molar-refractivity contribution in [2.75, 3.05) is 32.2 Å². The lowest BCUT2D eigenvalue weighted by Crippen LogP contribution is -2.47. The summed E-state index contributed by atoms with van der Waals surface area (Å²) < 4.78 is 10.6. The number of carbonyl (C=O) groups is 1. The summed E-state index contributed by atoms with van der Waals surface area (Å²) in [5.41, 5.74) is 1.57. The van der Waals surface area contributed by atoms with Gasteiger partial charge in [0.1, 0.15) is 11.5 Å². The molecule has 162 valence electrons. The van der Waals surface area contributed by atoms with E-state index in [1.165, 1.54) is 4.88 Å². The average Bonchev–Trinajstić information content (AvgIpc) is 3.34. The molecule has 2 aromatic carbocycles. The first-order valence-corrected chi connectivity index (χ1v) is 11.4. The Hall–Kier alpha value is -2.83. The largest absolute Gasteiger partial charge is 0.497 e. The number of amides is 1. The zero-order valence-corrected chi connectivity index (χ0v) is 18.8. The van der Waals surface area contributed by atoms with Crippen LogP contribution in [0.25, 0.3) is 0 Å². The van der Waals surface area contributed by atoms with E-state index in [9.17, 15) is 4.79 Å². The number of piperidine rings is 1. The molecule has 3 aromatic rings. The van der Waals surface area contributed by atoms with Crippen molar-refractivity contribution < 1.29 is 14.3 Å². The van der Waals surface area contributed by atoms with Crippen molar-refractivity contribution in [3.05, 3.63) is 76.5 Å². The predicted octanol–water partition coefficient (Wildman–Crippen LogP) is 5.08. The molecule has 5 nitrogen and oxygen atoms in total. The smallest absolute Gasteiger partial charge is 0.258 e. The molecule has 1 aliphatic rings. The number of nitrogens with zero attached hydrogens (tertiary/aromatic N) is 2. The predicted molar refractivity (Wildman–Crippen MR) is 125 cm³/mol. The van der Waals surface area contributed by atoms with Crippen molar-refractivity contribution in [3.63, 3.8) is 0 Å². The van der Waals surface area contributed by atoms with Crippen LogP contribution < -0.4 is 14.4 Å². The molecular formula is C25H28N2O3S. The van der Waals surface area contributed by atoms with Crippen LogP contribution in [-0.2, 0) is 6.54 Å². The molecule has 4 rings (SSSR count). The third kappa shape index (κ3) is 5.09. The minimum absolute atomic E-state index is 0.0181. The van der Waals surface area contributed by atoms with Gasteiger partial charge in [-0.2, -0.15) is 0 Å². The summed E-state index contributed by atoms with van der Waals surface area (Å²) in [4.78, 5) is 19.4. The van der Waals surface area contributed by atoms with Gasteiger partial charge in [0.05, 0.1) is 14.2 Å². The lowest BCUT2D eigenvalue weighted by atomic mass is 10.0. The van der Waals surface area contributed by atoms with E-state index in [4.69, 9.17) is 9.47 Å². The Bertz CT molecular complexity index is 963. The second-order valence-electron chi connectivity index (χ2n) is 7.69. The van der Waals surface area contributed by atoms with E-state index in [0.717, 1.165) is 49.7 Å². The summed E-state index contributed by atoms with van der Waals surface area (Å²) in [5.74, 6) is 1.55. The quantitative estimate of drug-likeness (QED) is 0.518. The van der Waals surface area contributed by atoms with E-state index in [2.05, 4.69) is 22.4 Å². The normalized spacial score (nSPS) is 14.9. The molecule has 0 atom stereocenters. The Morgan fingerprint density at radius 2 is 1.58 bits per heavy atom. The number of benzene rings is 2. The van der Waals surface area contributed by atoms with Crippen LogP contribution >= 0.6 is 11.3 Å².